The summed E-state index contributed by atoms with van der Waals surface area (Å²) in [4.78, 5) is 0. The summed E-state index contributed by atoms with van der Waals surface area (Å²) in [6.45, 7) is 8.50. The molecule has 0 radical (unpaired) electrons. The first-order valence-electron chi connectivity index (χ1n) is 6.64. The van der Waals surface area contributed by atoms with Crippen molar-refractivity contribution in [1.29, 1.82) is 0 Å². The molecule has 0 spiro atoms. The quantitative estimate of drug-likeness (QED) is 0.846. The van der Waals surface area contributed by atoms with Gasteiger partial charge in [-0.15, -0.1) is 0 Å². The lowest BCUT2D eigenvalue weighted by Gasteiger charge is -2.16. The second-order valence-corrected chi connectivity index (χ2v) is 4.81. The molecule has 1 atom stereocenters. The predicted molar refractivity (Wildman–Crippen MR) is 76.5 cm³/mol. The normalized spacial score (nSPS) is 12.6. The first-order valence-corrected chi connectivity index (χ1v) is 6.64. The number of benzene rings is 1. The Labute approximate surface area is 110 Å². The Hall–Kier alpha value is -1.54. The largest absolute Gasteiger partial charge is 0.354 e. The summed E-state index contributed by atoms with van der Waals surface area (Å²) in [6.07, 6.45) is 4.34. The van der Waals surface area contributed by atoms with Gasteiger partial charge < -0.3 is 9.88 Å². The molecule has 0 saturated heterocycles. The van der Waals surface area contributed by atoms with Gasteiger partial charge in [0.2, 0.25) is 0 Å². The van der Waals surface area contributed by atoms with E-state index in [0.717, 1.165) is 13.1 Å². The van der Waals surface area contributed by atoms with Crippen molar-refractivity contribution in [3.8, 4) is 0 Å². The molecule has 1 aromatic heterocycles. The molecule has 1 aromatic carbocycles. The van der Waals surface area contributed by atoms with Crippen LogP contribution in [0.3, 0.4) is 0 Å². The van der Waals surface area contributed by atoms with E-state index in [9.17, 15) is 0 Å². The summed E-state index contributed by atoms with van der Waals surface area (Å²) in [5.74, 6) is 0. The van der Waals surface area contributed by atoms with Crippen molar-refractivity contribution in [2.75, 3.05) is 0 Å². The lowest BCUT2D eigenvalue weighted by atomic mass is 10.0. The third-order valence-corrected chi connectivity index (χ3v) is 3.44. The molecule has 0 bridgehead atoms. The van der Waals surface area contributed by atoms with Crippen molar-refractivity contribution in [2.24, 2.45) is 0 Å². The topological polar surface area (TPSA) is 17.0 Å². The Bertz CT molecular complexity index is 499. The minimum atomic E-state index is 0.385. The Morgan fingerprint density at radius 2 is 2.00 bits per heavy atom. The fraction of sp³-hybridized carbons (Fsp3) is 0.375. The molecule has 0 aliphatic rings. The molecule has 2 rings (SSSR count). The van der Waals surface area contributed by atoms with E-state index in [2.05, 4.69) is 73.4 Å². The Morgan fingerprint density at radius 3 is 2.67 bits per heavy atom. The van der Waals surface area contributed by atoms with Crippen molar-refractivity contribution in [2.45, 2.75) is 39.9 Å². The molecule has 0 unspecified atom stereocenters. The molecule has 2 heteroatoms. The maximum atomic E-state index is 3.58. The van der Waals surface area contributed by atoms with E-state index >= 15 is 0 Å². The molecule has 0 aliphatic carbocycles. The van der Waals surface area contributed by atoms with Gasteiger partial charge >= 0.3 is 0 Å². The number of hydrogen-bond donors (Lipinski definition) is 1. The maximum absolute atomic E-state index is 3.58. The average molecular weight is 242 g/mol. The zero-order valence-electron chi connectivity index (χ0n) is 11.5. The van der Waals surface area contributed by atoms with Crippen LogP contribution in [0.25, 0.3) is 0 Å². The summed E-state index contributed by atoms with van der Waals surface area (Å²) in [5.41, 5.74) is 4.08. The molecule has 0 saturated carbocycles. The van der Waals surface area contributed by atoms with Gasteiger partial charge in [-0.3, -0.25) is 0 Å². The van der Waals surface area contributed by atoms with E-state index < -0.39 is 0 Å². The maximum Gasteiger partial charge on any atom is 0.0297 e. The third kappa shape index (κ3) is 3.02. The number of nitrogens with one attached hydrogen (secondary N) is 1. The molecule has 96 valence electrons. The average Bonchev–Trinajstić information content (AvgIpc) is 2.84. The molecule has 2 aromatic rings. The first-order chi connectivity index (χ1) is 8.70. The Balaban J connectivity index is 1.96. The molecule has 0 amide bonds. The molecule has 0 aliphatic heterocycles. The number of aryl methyl sites for hydroxylation is 2. The van der Waals surface area contributed by atoms with Gasteiger partial charge in [0.1, 0.15) is 0 Å². The lowest BCUT2D eigenvalue weighted by Crippen LogP contribution is -2.18. The van der Waals surface area contributed by atoms with Crippen LogP contribution in [0.1, 0.15) is 36.6 Å². The van der Waals surface area contributed by atoms with Crippen LogP contribution in [0.2, 0.25) is 0 Å². The monoisotopic (exact) mass is 242 g/mol. The highest BCUT2D eigenvalue weighted by Crippen LogP contribution is 2.17. The predicted octanol–water partition coefficient (Wildman–Crippen LogP) is 3.67. The van der Waals surface area contributed by atoms with Gasteiger partial charge in [-0.25, -0.2) is 0 Å². The van der Waals surface area contributed by atoms with E-state index in [1.54, 1.807) is 0 Å². The number of nitrogens with zero attached hydrogens (tertiary/aromatic N) is 1. The van der Waals surface area contributed by atoms with Gasteiger partial charge in [0.25, 0.3) is 0 Å². The summed E-state index contributed by atoms with van der Waals surface area (Å²) >= 11 is 0. The van der Waals surface area contributed by atoms with Crippen LogP contribution < -0.4 is 5.32 Å². The molecule has 2 nitrogen and oxygen atoms in total. The van der Waals surface area contributed by atoms with Crippen LogP contribution >= 0.6 is 0 Å². The SMILES string of the molecule is CCn1ccc(CN[C@@H](C)c2ccccc2C)c1. The Kier molecular flexibility index (Phi) is 4.21. The Morgan fingerprint density at radius 1 is 1.22 bits per heavy atom. The van der Waals surface area contributed by atoms with Gasteiger partial charge in [0.15, 0.2) is 0 Å². The van der Waals surface area contributed by atoms with Gasteiger partial charge in [-0.2, -0.15) is 0 Å². The van der Waals surface area contributed by atoms with Crippen molar-refractivity contribution < 1.29 is 0 Å². The van der Waals surface area contributed by atoms with Gasteiger partial charge in [-0.1, -0.05) is 24.3 Å². The van der Waals surface area contributed by atoms with Gasteiger partial charge in [0, 0.05) is 31.5 Å². The summed E-state index contributed by atoms with van der Waals surface area (Å²) in [6, 6.07) is 11.1. The van der Waals surface area contributed by atoms with Crippen LogP contribution in [-0.2, 0) is 13.1 Å². The smallest absolute Gasteiger partial charge is 0.0297 e. The molecule has 1 heterocycles. The van der Waals surface area contributed by atoms with Crippen molar-refractivity contribution in [3.05, 3.63) is 59.4 Å². The molecule has 1 N–H and O–H groups in total. The van der Waals surface area contributed by atoms with E-state index in [0.29, 0.717) is 6.04 Å². The standard InChI is InChI=1S/C16H22N2/c1-4-18-10-9-15(12-18)11-17-14(3)16-8-6-5-7-13(16)2/h5-10,12,14,17H,4,11H2,1-3H3/t14-/m0/s1. The minimum Gasteiger partial charge on any atom is -0.354 e. The van der Waals surface area contributed by atoms with E-state index in [4.69, 9.17) is 0 Å². The van der Waals surface area contributed by atoms with Crippen molar-refractivity contribution in [1.82, 2.24) is 9.88 Å². The highest BCUT2D eigenvalue weighted by Gasteiger charge is 2.07. The van der Waals surface area contributed by atoms with E-state index in [1.807, 2.05) is 0 Å². The zero-order valence-corrected chi connectivity index (χ0v) is 11.5. The second-order valence-electron chi connectivity index (χ2n) is 4.81. The third-order valence-electron chi connectivity index (χ3n) is 3.44. The summed E-state index contributed by atoms with van der Waals surface area (Å²) in [5, 5.41) is 3.58. The highest BCUT2D eigenvalue weighted by molar-refractivity contribution is 5.28. The van der Waals surface area contributed by atoms with Crippen molar-refractivity contribution >= 4 is 0 Å². The lowest BCUT2D eigenvalue weighted by molar-refractivity contribution is 0.571. The van der Waals surface area contributed by atoms with Crippen LogP contribution in [0.4, 0.5) is 0 Å². The zero-order chi connectivity index (χ0) is 13.0. The van der Waals surface area contributed by atoms with Crippen molar-refractivity contribution in [3.63, 3.8) is 0 Å². The van der Waals surface area contributed by atoms with Crippen LogP contribution in [0.5, 0.6) is 0 Å². The van der Waals surface area contributed by atoms with Crippen LogP contribution in [0.15, 0.2) is 42.7 Å². The van der Waals surface area contributed by atoms with Gasteiger partial charge in [0.05, 0.1) is 0 Å². The second kappa shape index (κ2) is 5.87. The fourth-order valence-electron chi connectivity index (χ4n) is 2.25. The molecular weight excluding hydrogens is 220 g/mol. The summed E-state index contributed by atoms with van der Waals surface area (Å²) < 4.78 is 2.20. The molecule has 18 heavy (non-hydrogen) atoms. The van der Waals surface area contributed by atoms with E-state index in [-0.39, 0.29) is 0 Å². The van der Waals surface area contributed by atoms with Crippen LogP contribution in [0, 0.1) is 6.92 Å². The first kappa shape index (κ1) is 12.9. The molecular formula is C16H22N2. The highest BCUT2D eigenvalue weighted by atomic mass is 14.9. The number of aromatic nitrogens is 1. The molecule has 0 fully saturated rings. The minimum absolute atomic E-state index is 0.385. The van der Waals surface area contributed by atoms with Crippen LogP contribution in [-0.4, -0.2) is 4.57 Å². The summed E-state index contributed by atoms with van der Waals surface area (Å²) in [7, 11) is 0. The number of rotatable bonds is 5. The number of hydrogen-bond acceptors (Lipinski definition) is 1. The van der Waals surface area contributed by atoms with Gasteiger partial charge in [-0.05, 0) is 43.5 Å². The van der Waals surface area contributed by atoms with E-state index in [1.165, 1.54) is 16.7 Å². The fourth-order valence-corrected chi connectivity index (χ4v) is 2.25.